The third kappa shape index (κ3) is 0.963. The predicted octanol–water partition coefficient (Wildman–Crippen LogP) is 2.51. The molecule has 13 heavy (non-hydrogen) atoms. The SMILES string of the molecule is Fc1cccc2c1ncn2C1CC1. The van der Waals surface area contributed by atoms with Crippen molar-refractivity contribution in [3.63, 3.8) is 0 Å². The molecule has 1 aromatic carbocycles. The lowest BCUT2D eigenvalue weighted by molar-refractivity contribution is 0.637. The van der Waals surface area contributed by atoms with Gasteiger partial charge in [0, 0.05) is 6.04 Å². The van der Waals surface area contributed by atoms with Crippen LogP contribution in [0.3, 0.4) is 0 Å². The van der Waals surface area contributed by atoms with Crippen LogP contribution in [0.15, 0.2) is 24.5 Å². The number of nitrogens with zero attached hydrogens (tertiary/aromatic N) is 2. The molecule has 1 fully saturated rings. The van der Waals surface area contributed by atoms with Crippen molar-refractivity contribution in [2.75, 3.05) is 0 Å². The zero-order valence-electron chi connectivity index (χ0n) is 7.07. The number of benzene rings is 1. The van der Waals surface area contributed by atoms with Gasteiger partial charge in [-0.15, -0.1) is 0 Å². The zero-order chi connectivity index (χ0) is 8.84. The molecule has 2 nitrogen and oxygen atoms in total. The molecule has 2 aromatic rings. The fourth-order valence-electron chi connectivity index (χ4n) is 1.67. The Bertz CT molecular complexity index is 457. The van der Waals surface area contributed by atoms with Crippen LogP contribution in [-0.4, -0.2) is 9.55 Å². The van der Waals surface area contributed by atoms with E-state index in [1.54, 1.807) is 12.4 Å². The van der Waals surface area contributed by atoms with Crippen molar-refractivity contribution < 1.29 is 4.39 Å². The van der Waals surface area contributed by atoms with Gasteiger partial charge in [0.1, 0.15) is 5.52 Å². The van der Waals surface area contributed by atoms with E-state index in [0.29, 0.717) is 11.6 Å². The van der Waals surface area contributed by atoms with Gasteiger partial charge in [-0.05, 0) is 25.0 Å². The maximum atomic E-state index is 13.2. The molecule has 0 spiro atoms. The highest BCUT2D eigenvalue weighted by Crippen LogP contribution is 2.37. The largest absolute Gasteiger partial charge is 0.327 e. The fraction of sp³-hybridized carbons (Fsp3) is 0.300. The molecular formula is C10H9FN2. The van der Waals surface area contributed by atoms with Gasteiger partial charge in [-0.1, -0.05) is 6.07 Å². The van der Waals surface area contributed by atoms with Gasteiger partial charge in [-0.3, -0.25) is 0 Å². The monoisotopic (exact) mass is 176 g/mol. The summed E-state index contributed by atoms with van der Waals surface area (Å²) in [6.45, 7) is 0. The minimum absolute atomic E-state index is 0.225. The molecule has 0 aliphatic heterocycles. The summed E-state index contributed by atoms with van der Waals surface area (Å²) in [6, 6.07) is 5.67. The zero-order valence-corrected chi connectivity index (χ0v) is 7.07. The van der Waals surface area contributed by atoms with Crippen LogP contribution < -0.4 is 0 Å². The highest BCUT2D eigenvalue weighted by atomic mass is 19.1. The normalized spacial score (nSPS) is 16.7. The average molecular weight is 176 g/mol. The quantitative estimate of drug-likeness (QED) is 0.652. The topological polar surface area (TPSA) is 17.8 Å². The first-order valence-corrected chi connectivity index (χ1v) is 4.47. The van der Waals surface area contributed by atoms with Crippen molar-refractivity contribution in [3.05, 3.63) is 30.3 Å². The Labute approximate surface area is 75.0 Å². The first-order valence-electron chi connectivity index (χ1n) is 4.47. The van der Waals surface area contributed by atoms with Gasteiger partial charge in [0.05, 0.1) is 11.8 Å². The second kappa shape index (κ2) is 2.31. The number of rotatable bonds is 1. The van der Waals surface area contributed by atoms with Crippen molar-refractivity contribution in [1.82, 2.24) is 9.55 Å². The van der Waals surface area contributed by atoms with Crippen LogP contribution in [0, 0.1) is 5.82 Å². The van der Waals surface area contributed by atoms with E-state index in [1.807, 2.05) is 6.07 Å². The van der Waals surface area contributed by atoms with Gasteiger partial charge in [-0.2, -0.15) is 0 Å². The van der Waals surface area contributed by atoms with Crippen molar-refractivity contribution >= 4 is 11.0 Å². The van der Waals surface area contributed by atoms with Gasteiger partial charge in [0.2, 0.25) is 0 Å². The number of hydrogen-bond acceptors (Lipinski definition) is 1. The summed E-state index contributed by atoms with van der Waals surface area (Å²) in [7, 11) is 0. The number of aromatic nitrogens is 2. The Morgan fingerprint density at radius 1 is 1.38 bits per heavy atom. The van der Waals surface area contributed by atoms with Crippen molar-refractivity contribution in [2.45, 2.75) is 18.9 Å². The van der Waals surface area contributed by atoms with Gasteiger partial charge in [-0.25, -0.2) is 9.37 Å². The molecule has 0 N–H and O–H groups in total. The molecule has 0 radical (unpaired) electrons. The molecule has 0 bridgehead atoms. The van der Waals surface area contributed by atoms with E-state index in [2.05, 4.69) is 9.55 Å². The van der Waals surface area contributed by atoms with E-state index in [4.69, 9.17) is 0 Å². The van der Waals surface area contributed by atoms with Gasteiger partial charge in [0.15, 0.2) is 5.82 Å². The van der Waals surface area contributed by atoms with E-state index < -0.39 is 0 Å². The summed E-state index contributed by atoms with van der Waals surface area (Å²) in [5.41, 5.74) is 1.41. The first kappa shape index (κ1) is 7.06. The van der Waals surface area contributed by atoms with Gasteiger partial charge >= 0.3 is 0 Å². The molecule has 1 saturated carbocycles. The van der Waals surface area contributed by atoms with E-state index in [-0.39, 0.29) is 5.82 Å². The highest BCUT2D eigenvalue weighted by molar-refractivity contribution is 5.76. The third-order valence-corrected chi connectivity index (χ3v) is 2.50. The summed E-state index contributed by atoms with van der Waals surface area (Å²) in [6.07, 6.45) is 4.13. The minimum Gasteiger partial charge on any atom is -0.327 e. The van der Waals surface area contributed by atoms with E-state index in [9.17, 15) is 4.39 Å². The van der Waals surface area contributed by atoms with Crippen molar-refractivity contribution in [2.24, 2.45) is 0 Å². The number of para-hydroxylation sites is 1. The lowest BCUT2D eigenvalue weighted by Crippen LogP contribution is -1.90. The van der Waals surface area contributed by atoms with Crippen LogP contribution in [0.4, 0.5) is 4.39 Å². The van der Waals surface area contributed by atoms with Crippen molar-refractivity contribution in [3.8, 4) is 0 Å². The molecule has 66 valence electrons. The molecule has 1 aliphatic carbocycles. The van der Waals surface area contributed by atoms with Crippen LogP contribution in [0.5, 0.6) is 0 Å². The van der Waals surface area contributed by atoms with Crippen LogP contribution in [0.1, 0.15) is 18.9 Å². The van der Waals surface area contributed by atoms with Crippen LogP contribution in [-0.2, 0) is 0 Å². The molecule has 0 unspecified atom stereocenters. The molecule has 1 aromatic heterocycles. The molecule has 3 rings (SSSR count). The second-order valence-corrected chi connectivity index (χ2v) is 3.49. The van der Waals surface area contributed by atoms with Crippen LogP contribution >= 0.6 is 0 Å². The smallest absolute Gasteiger partial charge is 0.151 e. The number of fused-ring (bicyclic) bond motifs is 1. The number of hydrogen-bond donors (Lipinski definition) is 0. The summed E-state index contributed by atoms with van der Waals surface area (Å²) < 4.78 is 15.3. The Morgan fingerprint density at radius 3 is 3.00 bits per heavy atom. The lowest BCUT2D eigenvalue weighted by atomic mass is 10.3. The molecule has 3 heteroatoms. The molecule has 1 heterocycles. The average Bonchev–Trinajstić information content (AvgIpc) is 2.87. The Kier molecular flexibility index (Phi) is 1.26. The second-order valence-electron chi connectivity index (χ2n) is 3.49. The van der Waals surface area contributed by atoms with Crippen LogP contribution in [0.2, 0.25) is 0 Å². The molecule has 0 atom stereocenters. The molecule has 0 saturated heterocycles. The minimum atomic E-state index is -0.225. The van der Waals surface area contributed by atoms with Crippen LogP contribution in [0.25, 0.3) is 11.0 Å². The summed E-state index contributed by atoms with van der Waals surface area (Å²) in [5.74, 6) is -0.225. The molecule has 0 amide bonds. The summed E-state index contributed by atoms with van der Waals surface area (Å²) >= 11 is 0. The Balaban J connectivity index is 2.32. The van der Waals surface area contributed by atoms with Gasteiger partial charge < -0.3 is 4.57 Å². The maximum Gasteiger partial charge on any atom is 0.151 e. The Morgan fingerprint density at radius 2 is 2.23 bits per heavy atom. The van der Waals surface area contributed by atoms with Gasteiger partial charge in [0.25, 0.3) is 0 Å². The maximum absolute atomic E-state index is 13.2. The predicted molar refractivity (Wildman–Crippen MR) is 48.0 cm³/mol. The first-order chi connectivity index (χ1) is 6.36. The molecular weight excluding hydrogens is 167 g/mol. The van der Waals surface area contributed by atoms with E-state index >= 15 is 0 Å². The molecule has 1 aliphatic rings. The highest BCUT2D eigenvalue weighted by Gasteiger charge is 2.25. The number of imidazole rings is 1. The lowest BCUT2D eigenvalue weighted by Gasteiger charge is -1.99. The fourth-order valence-corrected chi connectivity index (χ4v) is 1.67. The van der Waals surface area contributed by atoms with E-state index in [0.717, 1.165) is 5.52 Å². The third-order valence-electron chi connectivity index (χ3n) is 2.50. The summed E-state index contributed by atoms with van der Waals surface area (Å²) in [4.78, 5) is 4.07. The number of halogens is 1. The standard InChI is InChI=1S/C10H9FN2/c11-8-2-1-3-9-10(8)12-6-13(9)7-4-5-7/h1-3,6-7H,4-5H2. The summed E-state index contributed by atoms with van der Waals surface area (Å²) in [5, 5.41) is 0. The van der Waals surface area contributed by atoms with Crippen molar-refractivity contribution in [1.29, 1.82) is 0 Å². The Hall–Kier alpha value is -1.38. The van der Waals surface area contributed by atoms with E-state index in [1.165, 1.54) is 18.9 Å².